The van der Waals surface area contributed by atoms with Gasteiger partial charge >= 0.3 is 0 Å². The van der Waals surface area contributed by atoms with Gasteiger partial charge in [0, 0.05) is 30.4 Å². The molecule has 1 amide bonds. The minimum atomic E-state index is -0.0561. The molecule has 0 spiro atoms. The van der Waals surface area contributed by atoms with Gasteiger partial charge in [-0.1, -0.05) is 6.92 Å². The van der Waals surface area contributed by atoms with Crippen LogP contribution in [-0.2, 0) is 6.42 Å². The number of halogens is 1. The molecular formula is C21H21BrN4O3. The number of H-pyrrole nitrogens is 1. The number of carbonyl (C=O) groups excluding carboxylic acids is 1. The van der Waals surface area contributed by atoms with Gasteiger partial charge in [-0.05, 0) is 46.6 Å². The van der Waals surface area contributed by atoms with E-state index in [0.717, 1.165) is 40.0 Å². The first-order valence-corrected chi connectivity index (χ1v) is 10.2. The molecule has 0 fully saturated rings. The maximum absolute atomic E-state index is 12.0. The van der Waals surface area contributed by atoms with Crippen molar-refractivity contribution in [3.05, 3.63) is 46.2 Å². The van der Waals surface area contributed by atoms with Crippen LogP contribution in [0.2, 0.25) is 0 Å². The van der Waals surface area contributed by atoms with Gasteiger partial charge in [0.25, 0.3) is 5.91 Å². The van der Waals surface area contributed by atoms with Crippen LogP contribution >= 0.6 is 15.9 Å². The highest BCUT2D eigenvalue weighted by Crippen LogP contribution is 2.39. The van der Waals surface area contributed by atoms with Crippen molar-refractivity contribution in [2.24, 2.45) is 0 Å². The van der Waals surface area contributed by atoms with Crippen molar-refractivity contribution in [2.75, 3.05) is 20.3 Å². The first-order valence-electron chi connectivity index (χ1n) is 9.45. The van der Waals surface area contributed by atoms with Crippen LogP contribution in [0.25, 0.3) is 22.8 Å². The first kappa shape index (κ1) is 19.4. The lowest BCUT2D eigenvalue weighted by molar-refractivity contribution is 0.0946. The number of methoxy groups -OCH3 is 1. The summed E-state index contributed by atoms with van der Waals surface area (Å²) in [7, 11) is 1.61. The van der Waals surface area contributed by atoms with Crippen molar-refractivity contribution in [3.8, 4) is 34.3 Å². The molecule has 0 aliphatic carbocycles. The Kier molecular flexibility index (Phi) is 5.53. The van der Waals surface area contributed by atoms with Gasteiger partial charge in [-0.25, -0.2) is 9.97 Å². The molecule has 0 atom stereocenters. The van der Waals surface area contributed by atoms with Crippen LogP contribution in [0.3, 0.4) is 0 Å². The van der Waals surface area contributed by atoms with Gasteiger partial charge in [0.2, 0.25) is 0 Å². The molecule has 8 heteroatoms. The Morgan fingerprint density at radius 2 is 2.14 bits per heavy atom. The molecule has 7 nitrogen and oxygen atoms in total. The zero-order valence-electron chi connectivity index (χ0n) is 16.2. The molecule has 4 rings (SSSR count). The number of aromatic nitrogens is 3. The normalized spacial score (nSPS) is 13.0. The zero-order valence-corrected chi connectivity index (χ0v) is 17.8. The lowest BCUT2D eigenvalue weighted by atomic mass is 10.1. The van der Waals surface area contributed by atoms with Crippen molar-refractivity contribution in [1.29, 1.82) is 0 Å². The van der Waals surface area contributed by atoms with Gasteiger partial charge in [-0.15, -0.1) is 0 Å². The van der Waals surface area contributed by atoms with Crippen LogP contribution < -0.4 is 14.8 Å². The second-order valence-corrected chi connectivity index (χ2v) is 7.54. The number of nitrogens with zero attached hydrogens (tertiary/aromatic N) is 2. The monoisotopic (exact) mass is 456 g/mol. The van der Waals surface area contributed by atoms with E-state index in [1.807, 2.05) is 24.3 Å². The smallest absolute Gasteiger partial charge is 0.253 e. The number of fused-ring (bicyclic) bond motifs is 1. The average Bonchev–Trinajstić information content (AvgIpc) is 3.18. The summed E-state index contributed by atoms with van der Waals surface area (Å²) < 4.78 is 12.1. The molecule has 29 heavy (non-hydrogen) atoms. The molecule has 1 aliphatic rings. The number of carbonyl (C=O) groups is 1. The molecule has 1 aromatic carbocycles. The van der Waals surface area contributed by atoms with E-state index in [0.29, 0.717) is 36.0 Å². The molecular weight excluding hydrogens is 436 g/mol. The summed E-state index contributed by atoms with van der Waals surface area (Å²) in [6.45, 7) is 3.29. The molecule has 0 radical (unpaired) electrons. The quantitative estimate of drug-likeness (QED) is 0.585. The molecule has 3 aromatic rings. The highest BCUT2D eigenvalue weighted by molar-refractivity contribution is 9.10. The standard InChI is InChI=1S/C21H21BrN4O3/c1-3-8-29-19-14(22)9-12(10-18(19)28-2)20-23-6-5-16(26-20)17-11-13-15(25-17)4-7-24-21(13)27/h5-6,9-11,25H,3-4,7-8H2,1-2H3,(H,24,27). The summed E-state index contributed by atoms with van der Waals surface area (Å²) in [4.78, 5) is 24.5. The number of amides is 1. The second-order valence-electron chi connectivity index (χ2n) is 6.68. The van der Waals surface area contributed by atoms with Crippen LogP contribution in [0.5, 0.6) is 11.5 Å². The largest absolute Gasteiger partial charge is 0.493 e. The van der Waals surface area contributed by atoms with E-state index in [-0.39, 0.29) is 5.91 Å². The fourth-order valence-electron chi connectivity index (χ4n) is 3.27. The Balaban J connectivity index is 1.71. The minimum Gasteiger partial charge on any atom is -0.493 e. The third-order valence-electron chi connectivity index (χ3n) is 4.67. The summed E-state index contributed by atoms with van der Waals surface area (Å²) in [5, 5.41) is 2.86. The number of rotatable bonds is 6. The molecule has 0 saturated heterocycles. The number of aromatic amines is 1. The van der Waals surface area contributed by atoms with Crippen LogP contribution in [0, 0.1) is 0 Å². The fraction of sp³-hybridized carbons (Fsp3) is 0.286. The number of hydrogen-bond donors (Lipinski definition) is 2. The van der Waals surface area contributed by atoms with Crippen molar-refractivity contribution in [1.82, 2.24) is 20.3 Å². The Bertz CT molecular complexity index is 1060. The van der Waals surface area contributed by atoms with E-state index >= 15 is 0 Å². The predicted molar refractivity (Wildman–Crippen MR) is 113 cm³/mol. The lowest BCUT2D eigenvalue weighted by Crippen LogP contribution is -2.31. The van der Waals surface area contributed by atoms with Gasteiger partial charge in [0.15, 0.2) is 17.3 Å². The molecule has 0 bridgehead atoms. The van der Waals surface area contributed by atoms with Gasteiger partial charge in [-0.3, -0.25) is 4.79 Å². The second kappa shape index (κ2) is 8.24. The van der Waals surface area contributed by atoms with Crippen LogP contribution in [-0.4, -0.2) is 41.1 Å². The molecule has 0 saturated carbocycles. The Hall–Kier alpha value is -2.87. The maximum Gasteiger partial charge on any atom is 0.253 e. The van der Waals surface area contributed by atoms with Crippen LogP contribution in [0.1, 0.15) is 29.4 Å². The van der Waals surface area contributed by atoms with Crippen LogP contribution in [0.15, 0.2) is 34.9 Å². The number of benzene rings is 1. The highest BCUT2D eigenvalue weighted by Gasteiger charge is 2.21. The van der Waals surface area contributed by atoms with E-state index < -0.39 is 0 Å². The number of hydrogen-bond acceptors (Lipinski definition) is 5. The summed E-state index contributed by atoms with van der Waals surface area (Å²) in [6.07, 6.45) is 3.39. The van der Waals surface area contributed by atoms with Crippen LogP contribution in [0.4, 0.5) is 0 Å². The summed E-state index contributed by atoms with van der Waals surface area (Å²) in [6, 6.07) is 7.44. The Morgan fingerprint density at radius 1 is 1.28 bits per heavy atom. The predicted octanol–water partition coefficient (Wildman–Crippen LogP) is 3.98. The van der Waals surface area contributed by atoms with Crippen molar-refractivity contribution in [3.63, 3.8) is 0 Å². The van der Waals surface area contributed by atoms with Gasteiger partial charge in [0.05, 0.1) is 35.1 Å². The summed E-state index contributed by atoms with van der Waals surface area (Å²) in [5.41, 5.74) is 3.93. The van der Waals surface area contributed by atoms with Crippen molar-refractivity contribution in [2.45, 2.75) is 19.8 Å². The van der Waals surface area contributed by atoms with Gasteiger partial charge in [-0.2, -0.15) is 0 Å². The van der Waals surface area contributed by atoms with E-state index in [1.165, 1.54) is 0 Å². The Labute approximate surface area is 177 Å². The fourth-order valence-corrected chi connectivity index (χ4v) is 3.83. The third-order valence-corrected chi connectivity index (χ3v) is 5.26. The number of ether oxygens (including phenoxy) is 2. The van der Waals surface area contributed by atoms with E-state index in [2.05, 4.69) is 38.1 Å². The van der Waals surface area contributed by atoms with E-state index in [1.54, 1.807) is 13.3 Å². The van der Waals surface area contributed by atoms with Crippen molar-refractivity contribution >= 4 is 21.8 Å². The molecule has 2 N–H and O–H groups in total. The number of nitrogens with one attached hydrogen (secondary N) is 2. The van der Waals surface area contributed by atoms with Gasteiger partial charge in [0.1, 0.15) is 0 Å². The molecule has 1 aliphatic heterocycles. The SMILES string of the molecule is CCCOc1c(Br)cc(-c2nccc(-c3cc4c([nH]3)CCNC4=O)n2)cc1OC. The third kappa shape index (κ3) is 3.85. The Morgan fingerprint density at radius 3 is 2.90 bits per heavy atom. The molecule has 2 aromatic heterocycles. The minimum absolute atomic E-state index is 0.0561. The topological polar surface area (TPSA) is 89.1 Å². The molecule has 150 valence electrons. The first-order chi connectivity index (χ1) is 14.1. The van der Waals surface area contributed by atoms with Gasteiger partial charge < -0.3 is 19.8 Å². The average molecular weight is 457 g/mol. The zero-order chi connectivity index (χ0) is 20.4. The molecule has 3 heterocycles. The summed E-state index contributed by atoms with van der Waals surface area (Å²) in [5.74, 6) is 1.78. The molecule has 0 unspecified atom stereocenters. The highest BCUT2D eigenvalue weighted by atomic mass is 79.9. The van der Waals surface area contributed by atoms with Crippen molar-refractivity contribution < 1.29 is 14.3 Å². The maximum atomic E-state index is 12.0. The summed E-state index contributed by atoms with van der Waals surface area (Å²) >= 11 is 3.56. The lowest BCUT2D eigenvalue weighted by Gasteiger charge is -2.13. The van der Waals surface area contributed by atoms with E-state index in [9.17, 15) is 4.79 Å². The van der Waals surface area contributed by atoms with E-state index in [4.69, 9.17) is 14.5 Å².